The Morgan fingerprint density at radius 3 is 3.33 bits per heavy atom. The lowest BCUT2D eigenvalue weighted by atomic mass is 9.98. The summed E-state index contributed by atoms with van der Waals surface area (Å²) in [6.45, 7) is 2.50. The Balaban J connectivity index is 1.55. The van der Waals surface area contributed by atoms with Gasteiger partial charge < -0.3 is 19.7 Å². The van der Waals surface area contributed by atoms with E-state index in [1.165, 1.54) is 0 Å². The van der Waals surface area contributed by atoms with Crippen molar-refractivity contribution in [3.05, 3.63) is 24.5 Å². The third-order valence-corrected chi connectivity index (χ3v) is 4.23. The average molecular weight is 291 g/mol. The van der Waals surface area contributed by atoms with Gasteiger partial charge in [0, 0.05) is 32.8 Å². The first-order chi connectivity index (χ1) is 10.2. The molecule has 114 valence electrons. The molecule has 3 heterocycles. The van der Waals surface area contributed by atoms with Crippen LogP contribution in [0.5, 0.6) is 0 Å². The van der Waals surface area contributed by atoms with Crippen LogP contribution in [0.1, 0.15) is 12.8 Å². The largest absolute Gasteiger partial charge is 0.370 e. The predicted molar refractivity (Wildman–Crippen MR) is 78.2 cm³/mol. The molecule has 2 aliphatic rings. The Morgan fingerprint density at radius 2 is 2.57 bits per heavy atom. The summed E-state index contributed by atoms with van der Waals surface area (Å²) in [5.74, 6) is -0.0978. The number of carbonyl (C=O) groups excluding carboxylic acids is 1. The molecule has 0 aromatic carbocycles. The molecule has 2 aliphatic heterocycles. The first-order valence-electron chi connectivity index (χ1n) is 7.32. The summed E-state index contributed by atoms with van der Waals surface area (Å²) in [4.78, 5) is 17.7. The molecule has 21 heavy (non-hydrogen) atoms. The standard InChI is InChI=1S/C15H21N3O3/c1-16-14(19)10-20-13-7-15(21-9-13)4-6-18(11-15)12-3-2-5-17-8-12/h2-3,5,8,13H,4,6-7,9-11H2,1H3,(H,16,19)/t13-,15-/m0/s1. The van der Waals surface area contributed by atoms with Gasteiger partial charge in [0.05, 0.1) is 30.2 Å². The van der Waals surface area contributed by atoms with Gasteiger partial charge in [0.1, 0.15) is 6.61 Å². The molecule has 2 atom stereocenters. The second-order valence-electron chi connectivity index (χ2n) is 5.69. The van der Waals surface area contributed by atoms with Gasteiger partial charge in [-0.2, -0.15) is 0 Å². The number of nitrogens with one attached hydrogen (secondary N) is 1. The van der Waals surface area contributed by atoms with E-state index in [1.54, 1.807) is 13.2 Å². The van der Waals surface area contributed by atoms with Crippen molar-refractivity contribution in [2.75, 3.05) is 38.3 Å². The lowest BCUT2D eigenvalue weighted by Crippen LogP contribution is -2.33. The summed E-state index contributed by atoms with van der Waals surface area (Å²) in [6, 6.07) is 4.02. The van der Waals surface area contributed by atoms with Crippen LogP contribution in [0.2, 0.25) is 0 Å². The zero-order chi connectivity index (χ0) is 14.7. The second-order valence-corrected chi connectivity index (χ2v) is 5.69. The van der Waals surface area contributed by atoms with Gasteiger partial charge in [0.15, 0.2) is 0 Å². The maximum atomic E-state index is 11.2. The first-order valence-corrected chi connectivity index (χ1v) is 7.32. The summed E-state index contributed by atoms with van der Waals surface area (Å²) in [5.41, 5.74) is 0.996. The second kappa shape index (κ2) is 5.99. The number of amides is 1. The number of pyridine rings is 1. The van der Waals surface area contributed by atoms with E-state index in [0.29, 0.717) is 6.61 Å². The predicted octanol–water partition coefficient (Wildman–Crippen LogP) is 0.582. The zero-order valence-electron chi connectivity index (χ0n) is 12.2. The van der Waals surface area contributed by atoms with Crippen LogP contribution in [0, 0.1) is 0 Å². The fourth-order valence-corrected chi connectivity index (χ4v) is 3.07. The summed E-state index contributed by atoms with van der Waals surface area (Å²) in [6.07, 6.45) is 5.51. The fourth-order valence-electron chi connectivity index (χ4n) is 3.07. The highest BCUT2D eigenvalue weighted by Gasteiger charge is 2.46. The average Bonchev–Trinajstić information content (AvgIpc) is 3.13. The van der Waals surface area contributed by atoms with Gasteiger partial charge in [-0.15, -0.1) is 0 Å². The molecule has 0 aliphatic carbocycles. The fraction of sp³-hybridized carbons (Fsp3) is 0.600. The SMILES string of the molecule is CNC(=O)CO[C@@H]1CO[C@@]2(CCN(c3cccnc3)C2)C1. The van der Waals surface area contributed by atoms with Crippen LogP contribution in [0.3, 0.4) is 0 Å². The Labute approximate surface area is 124 Å². The van der Waals surface area contributed by atoms with Crippen molar-refractivity contribution in [1.29, 1.82) is 0 Å². The van der Waals surface area contributed by atoms with Gasteiger partial charge in [-0.3, -0.25) is 9.78 Å². The number of anilines is 1. The van der Waals surface area contributed by atoms with E-state index in [1.807, 2.05) is 12.3 Å². The molecular weight excluding hydrogens is 270 g/mol. The minimum atomic E-state index is -0.136. The van der Waals surface area contributed by atoms with Crippen molar-refractivity contribution >= 4 is 11.6 Å². The maximum absolute atomic E-state index is 11.2. The molecule has 6 heteroatoms. The zero-order valence-corrected chi connectivity index (χ0v) is 12.2. The minimum Gasteiger partial charge on any atom is -0.370 e. The number of rotatable bonds is 4. The van der Waals surface area contributed by atoms with Crippen molar-refractivity contribution in [2.45, 2.75) is 24.5 Å². The third-order valence-electron chi connectivity index (χ3n) is 4.23. The van der Waals surface area contributed by atoms with Crippen LogP contribution in [0.25, 0.3) is 0 Å². The van der Waals surface area contributed by atoms with E-state index in [-0.39, 0.29) is 24.2 Å². The quantitative estimate of drug-likeness (QED) is 0.879. The highest BCUT2D eigenvalue weighted by atomic mass is 16.6. The van der Waals surface area contributed by atoms with E-state index in [2.05, 4.69) is 21.3 Å². The van der Waals surface area contributed by atoms with Crippen molar-refractivity contribution in [3.8, 4) is 0 Å². The van der Waals surface area contributed by atoms with Gasteiger partial charge in [0.25, 0.3) is 0 Å². The molecule has 0 radical (unpaired) electrons. The van der Waals surface area contributed by atoms with E-state index >= 15 is 0 Å². The number of carbonyl (C=O) groups is 1. The molecule has 0 unspecified atom stereocenters. The Morgan fingerprint density at radius 1 is 1.67 bits per heavy atom. The van der Waals surface area contributed by atoms with Crippen LogP contribution in [-0.4, -0.2) is 55.9 Å². The van der Waals surface area contributed by atoms with Crippen LogP contribution in [-0.2, 0) is 14.3 Å². The topological polar surface area (TPSA) is 63.7 Å². The van der Waals surface area contributed by atoms with Crippen molar-refractivity contribution in [1.82, 2.24) is 10.3 Å². The van der Waals surface area contributed by atoms with Crippen LogP contribution < -0.4 is 10.2 Å². The van der Waals surface area contributed by atoms with E-state index in [4.69, 9.17) is 9.47 Å². The molecule has 1 amide bonds. The van der Waals surface area contributed by atoms with Gasteiger partial charge in [0.2, 0.25) is 5.91 Å². The molecule has 3 rings (SSSR count). The molecular formula is C15H21N3O3. The lowest BCUT2D eigenvalue weighted by molar-refractivity contribution is -0.127. The number of hydrogen-bond donors (Lipinski definition) is 1. The highest BCUT2D eigenvalue weighted by Crippen LogP contribution is 2.37. The van der Waals surface area contributed by atoms with Crippen molar-refractivity contribution < 1.29 is 14.3 Å². The minimum absolute atomic E-state index is 0.0103. The first kappa shape index (κ1) is 14.3. The van der Waals surface area contributed by atoms with Crippen molar-refractivity contribution in [2.24, 2.45) is 0 Å². The molecule has 0 saturated carbocycles. The Hall–Kier alpha value is -1.66. The number of nitrogens with zero attached hydrogens (tertiary/aromatic N) is 2. The van der Waals surface area contributed by atoms with Crippen LogP contribution >= 0.6 is 0 Å². The van der Waals surface area contributed by atoms with E-state index in [0.717, 1.165) is 31.6 Å². The summed E-state index contributed by atoms with van der Waals surface area (Å²) >= 11 is 0. The van der Waals surface area contributed by atoms with Crippen LogP contribution in [0.15, 0.2) is 24.5 Å². The Bertz CT molecular complexity index is 496. The van der Waals surface area contributed by atoms with Crippen LogP contribution in [0.4, 0.5) is 5.69 Å². The molecule has 2 fully saturated rings. The van der Waals surface area contributed by atoms with Gasteiger partial charge >= 0.3 is 0 Å². The number of likely N-dealkylation sites (N-methyl/N-ethyl adjacent to an activating group) is 1. The Kier molecular flexibility index (Phi) is 4.07. The third kappa shape index (κ3) is 3.16. The molecule has 2 saturated heterocycles. The molecule has 1 aromatic heterocycles. The lowest BCUT2D eigenvalue weighted by Gasteiger charge is -2.24. The highest BCUT2D eigenvalue weighted by molar-refractivity contribution is 5.76. The maximum Gasteiger partial charge on any atom is 0.245 e. The normalized spacial score (nSPS) is 28.2. The molecule has 1 N–H and O–H groups in total. The monoisotopic (exact) mass is 291 g/mol. The molecule has 6 nitrogen and oxygen atoms in total. The summed E-state index contributed by atoms with van der Waals surface area (Å²) in [7, 11) is 1.61. The van der Waals surface area contributed by atoms with Gasteiger partial charge in [-0.25, -0.2) is 0 Å². The smallest absolute Gasteiger partial charge is 0.245 e. The summed E-state index contributed by atoms with van der Waals surface area (Å²) < 4.78 is 11.6. The molecule has 0 bridgehead atoms. The van der Waals surface area contributed by atoms with Crippen molar-refractivity contribution in [3.63, 3.8) is 0 Å². The molecule has 1 spiro atoms. The molecule has 1 aromatic rings. The van der Waals surface area contributed by atoms with E-state index < -0.39 is 0 Å². The number of aromatic nitrogens is 1. The summed E-state index contributed by atoms with van der Waals surface area (Å²) in [5, 5.41) is 2.56. The van der Waals surface area contributed by atoms with Gasteiger partial charge in [-0.05, 0) is 18.6 Å². The van der Waals surface area contributed by atoms with Gasteiger partial charge in [-0.1, -0.05) is 0 Å². The number of hydrogen-bond acceptors (Lipinski definition) is 5. The van der Waals surface area contributed by atoms with E-state index in [9.17, 15) is 4.79 Å². The number of ether oxygens (including phenoxy) is 2.